The highest BCUT2D eigenvalue weighted by Crippen LogP contribution is 2.51. The molecule has 4 atom stereocenters. The molecule has 0 bridgehead atoms. The number of hydrogen-bond acceptors (Lipinski definition) is 5. The minimum atomic E-state index is -0.355. The standard InChI is InChI=1S/C19H25N5O/c1-12(23-10-16-15(9-20)17(16)11-23)8-13-2-4-14(5-3-13)24-7-6-18(21)22-19(24)25/h2-7,12,15-17H,8-11,20H2,1H3,(H2,21,22,25)/t12?,15?,16-,17+. The quantitative estimate of drug-likeness (QED) is 0.844. The molecule has 2 aromatic rings. The number of anilines is 1. The summed E-state index contributed by atoms with van der Waals surface area (Å²) in [5.74, 6) is 2.68. The zero-order chi connectivity index (χ0) is 17.6. The molecule has 0 radical (unpaired) electrons. The van der Waals surface area contributed by atoms with Crippen LogP contribution in [0.1, 0.15) is 12.5 Å². The van der Waals surface area contributed by atoms with Crippen LogP contribution in [-0.4, -0.2) is 40.1 Å². The minimum absolute atomic E-state index is 0.243. The Labute approximate surface area is 147 Å². The van der Waals surface area contributed by atoms with Crippen LogP contribution in [0.4, 0.5) is 5.82 Å². The lowest BCUT2D eigenvalue weighted by molar-refractivity contribution is 0.220. The first-order chi connectivity index (χ1) is 12.1. The fourth-order valence-corrected chi connectivity index (χ4v) is 4.27. The monoisotopic (exact) mass is 339 g/mol. The molecular formula is C19H25N5O. The molecule has 2 heterocycles. The van der Waals surface area contributed by atoms with Crippen LogP contribution in [0, 0.1) is 17.8 Å². The molecule has 25 heavy (non-hydrogen) atoms. The van der Waals surface area contributed by atoms with Crippen LogP contribution in [0.3, 0.4) is 0 Å². The number of nitrogens with zero attached hydrogens (tertiary/aromatic N) is 3. The van der Waals surface area contributed by atoms with Gasteiger partial charge in [0.1, 0.15) is 5.82 Å². The fraction of sp³-hybridized carbons (Fsp3) is 0.474. The maximum absolute atomic E-state index is 11.9. The van der Waals surface area contributed by atoms with Gasteiger partial charge in [-0.15, -0.1) is 0 Å². The Kier molecular flexibility index (Phi) is 4.09. The Bertz CT molecular complexity index is 803. The van der Waals surface area contributed by atoms with Crippen molar-refractivity contribution in [1.82, 2.24) is 14.5 Å². The summed E-state index contributed by atoms with van der Waals surface area (Å²) >= 11 is 0. The van der Waals surface area contributed by atoms with Gasteiger partial charge in [0.05, 0.1) is 5.69 Å². The Hall–Kier alpha value is -2.18. The first-order valence-corrected chi connectivity index (χ1v) is 8.95. The van der Waals surface area contributed by atoms with E-state index in [1.165, 1.54) is 23.2 Å². The molecule has 1 aromatic heterocycles. The van der Waals surface area contributed by atoms with Gasteiger partial charge in [-0.05, 0) is 61.4 Å². The third-order valence-corrected chi connectivity index (χ3v) is 5.87. The van der Waals surface area contributed by atoms with Crippen LogP contribution < -0.4 is 17.2 Å². The van der Waals surface area contributed by atoms with Crippen molar-refractivity contribution in [1.29, 1.82) is 0 Å². The van der Waals surface area contributed by atoms with Crippen LogP contribution >= 0.6 is 0 Å². The van der Waals surface area contributed by atoms with Crippen molar-refractivity contribution in [3.8, 4) is 5.69 Å². The van der Waals surface area contributed by atoms with Gasteiger partial charge < -0.3 is 11.5 Å². The average Bonchev–Trinajstić information content (AvgIpc) is 3.06. The van der Waals surface area contributed by atoms with E-state index >= 15 is 0 Å². The molecular weight excluding hydrogens is 314 g/mol. The number of nitrogens with two attached hydrogens (primary N) is 2. The topological polar surface area (TPSA) is 90.2 Å². The Balaban J connectivity index is 1.40. The molecule has 1 aromatic carbocycles. The first-order valence-electron chi connectivity index (χ1n) is 8.95. The van der Waals surface area contributed by atoms with Gasteiger partial charge in [0.15, 0.2) is 0 Å². The molecule has 1 saturated heterocycles. The number of piperidine rings is 1. The van der Waals surface area contributed by atoms with Crippen molar-refractivity contribution in [2.24, 2.45) is 23.5 Å². The van der Waals surface area contributed by atoms with Crippen LogP contribution in [0.5, 0.6) is 0 Å². The molecule has 6 nitrogen and oxygen atoms in total. The third kappa shape index (κ3) is 3.07. The second-order valence-electron chi connectivity index (χ2n) is 7.41. The summed E-state index contributed by atoms with van der Waals surface area (Å²) < 4.78 is 1.50. The maximum Gasteiger partial charge on any atom is 0.354 e. The zero-order valence-electron chi connectivity index (χ0n) is 14.5. The number of aromatic nitrogens is 2. The Morgan fingerprint density at radius 2 is 1.88 bits per heavy atom. The van der Waals surface area contributed by atoms with E-state index in [4.69, 9.17) is 11.5 Å². The summed E-state index contributed by atoms with van der Waals surface area (Å²) in [7, 11) is 0. The first kappa shape index (κ1) is 16.3. The van der Waals surface area contributed by atoms with Crippen molar-refractivity contribution in [2.45, 2.75) is 19.4 Å². The normalized spacial score (nSPS) is 26.4. The smallest absolute Gasteiger partial charge is 0.354 e. The maximum atomic E-state index is 11.9. The average molecular weight is 339 g/mol. The van der Waals surface area contributed by atoms with E-state index < -0.39 is 0 Å². The van der Waals surface area contributed by atoms with Crippen LogP contribution in [0.2, 0.25) is 0 Å². The summed E-state index contributed by atoms with van der Waals surface area (Å²) in [6.07, 6.45) is 2.68. The van der Waals surface area contributed by atoms with Gasteiger partial charge in [-0.1, -0.05) is 12.1 Å². The number of nitrogen functional groups attached to an aromatic ring is 1. The third-order valence-electron chi connectivity index (χ3n) is 5.87. The van der Waals surface area contributed by atoms with Crippen LogP contribution in [-0.2, 0) is 6.42 Å². The number of fused-ring (bicyclic) bond motifs is 1. The fourth-order valence-electron chi connectivity index (χ4n) is 4.27. The molecule has 2 unspecified atom stereocenters. The van der Waals surface area contributed by atoms with Crippen molar-refractivity contribution >= 4 is 5.82 Å². The van der Waals surface area contributed by atoms with Crippen molar-refractivity contribution in [2.75, 3.05) is 25.4 Å². The molecule has 4 rings (SSSR count). The minimum Gasteiger partial charge on any atom is -0.383 e. The van der Waals surface area contributed by atoms with Crippen molar-refractivity contribution in [3.05, 3.63) is 52.6 Å². The number of benzene rings is 1. The molecule has 2 fully saturated rings. The van der Waals surface area contributed by atoms with Crippen LogP contribution in [0.25, 0.3) is 5.69 Å². The highest BCUT2D eigenvalue weighted by Gasteiger charge is 2.54. The van der Waals surface area contributed by atoms with Gasteiger partial charge in [-0.3, -0.25) is 9.47 Å². The molecule has 1 aliphatic carbocycles. The largest absolute Gasteiger partial charge is 0.383 e. The van der Waals surface area contributed by atoms with E-state index in [0.717, 1.165) is 36.4 Å². The molecule has 1 saturated carbocycles. The highest BCUT2D eigenvalue weighted by atomic mass is 16.1. The number of likely N-dealkylation sites (tertiary alicyclic amines) is 1. The molecule has 132 valence electrons. The van der Waals surface area contributed by atoms with E-state index in [2.05, 4.69) is 28.9 Å². The second-order valence-corrected chi connectivity index (χ2v) is 7.41. The number of hydrogen-bond donors (Lipinski definition) is 2. The molecule has 4 N–H and O–H groups in total. The van der Waals surface area contributed by atoms with E-state index in [1.54, 1.807) is 12.3 Å². The predicted octanol–water partition coefficient (Wildman–Crippen LogP) is 0.882. The van der Waals surface area contributed by atoms with Gasteiger partial charge in [-0.25, -0.2) is 4.79 Å². The molecule has 2 aliphatic rings. The molecule has 1 aliphatic heterocycles. The summed E-state index contributed by atoms with van der Waals surface area (Å²) in [5, 5.41) is 0. The Morgan fingerprint density at radius 1 is 1.20 bits per heavy atom. The second kappa shape index (κ2) is 6.28. The lowest BCUT2D eigenvalue weighted by Gasteiger charge is -2.27. The molecule has 0 amide bonds. The van der Waals surface area contributed by atoms with Crippen LogP contribution in [0.15, 0.2) is 41.3 Å². The number of rotatable bonds is 5. The molecule has 6 heteroatoms. The van der Waals surface area contributed by atoms with Crippen molar-refractivity contribution in [3.63, 3.8) is 0 Å². The van der Waals surface area contributed by atoms with E-state index in [1.807, 2.05) is 12.1 Å². The predicted molar refractivity (Wildman–Crippen MR) is 98.5 cm³/mol. The van der Waals surface area contributed by atoms with Crippen molar-refractivity contribution < 1.29 is 0 Å². The molecule has 0 spiro atoms. The van der Waals surface area contributed by atoms with E-state index in [9.17, 15) is 4.79 Å². The van der Waals surface area contributed by atoms with E-state index in [0.29, 0.717) is 6.04 Å². The highest BCUT2D eigenvalue weighted by molar-refractivity contribution is 5.36. The lowest BCUT2D eigenvalue weighted by Crippen LogP contribution is -2.35. The van der Waals surface area contributed by atoms with Gasteiger partial charge in [0.2, 0.25) is 0 Å². The van der Waals surface area contributed by atoms with Gasteiger partial charge in [-0.2, -0.15) is 4.98 Å². The zero-order valence-corrected chi connectivity index (χ0v) is 14.5. The van der Waals surface area contributed by atoms with E-state index in [-0.39, 0.29) is 11.5 Å². The summed E-state index contributed by atoms with van der Waals surface area (Å²) in [6, 6.07) is 10.3. The summed E-state index contributed by atoms with van der Waals surface area (Å²) in [5.41, 5.74) is 13.1. The Morgan fingerprint density at radius 3 is 2.48 bits per heavy atom. The SMILES string of the molecule is CC(Cc1ccc(-n2ccc(N)nc2=O)cc1)N1C[C@@H]2C(CN)[C@@H]2C1. The lowest BCUT2D eigenvalue weighted by atomic mass is 10.0. The summed E-state index contributed by atoms with van der Waals surface area (Å²) in [4.78, 5) is 18.3. The van der Waals surface area contributed by atoms with Gasteiger partial charge in [0.25, 0.3) is 0 Å². The van der Waals surface area contributed by atoms with Gasteiger partial charge in [0, 0.05) is 25.3 Å². The van der Waals surface area contributed by atoms with Gasteiger partial charge >= 0.3 is 5.69 Å². The summed E-state index contributed by atoms with van der Waals surface area (Å²) in [6.45, 7) is 5.53.